The molecule has 0 aliphatic carbocycles. The third kappa shape index (κ3) is 4.43. The number of nitriles is 1. The Balaban J connectivity index is 0.00000108. The standard InChI is InChI=1S/C15H10N4O.2C2H6.H2/c16-9-11-4-3-5-12(8-11)18-15(20)13-10-17-19-7-2-1-6-14(13)19;2*1-2;/h1-8,10H,(H,18,20);2*1-2H3;1H. The monoisotopic (exact) mass is 324 g/mol. The van der Waals surface area contributed by atoms with E-state index in [-0.39, 0.29) is 7.33 Å². The first-order chi connectivity index (χ1) is 11.8. The average molecular weight is 324 g/mol. The number of carbonyl (C=O) groups excluding carboxylic acids is 1. The maximum Gasteiger partial charge on any atom is 0.259 e. The molecule has 3 rings (SSSR count). The summed E-state index contributed by atoms with van der Waals surface area (Å²) in [5, 5.41) is 15.7. The van der Waals surface area contributed by atoms with Crippen LogP contribution >= 0.6 is 0 Å². The van der Waals surface area contributed by atoms with E-state index in [0.29, 0.717) is 16.8 Å². The van der Waals surface area contributed by atoms with Crippen LogP contribution in [0, 0.1) is 11.3 Å². The highest BCUT2D eigenvalue weighted by atomic mass is 16.1. The van der Waals surface area contributed by atoms with E-state index >= 15 is 0 Å². The Bertz CT molecular complexity index is 837. The average Bonchev–Trinajstić information content (AvgIpc) is 3.09. The number of pyridine rings is 1. The van der Waals surface area contributed by atoms with Crippen LogP contribution in [0.3, 0.4) is 0 Å². The zero-order valence-electron chi connectivity index (χ0n) is 14.4. The van der Waals surface area contributed by atoms with Gasteiger partial charge in [-0.1, -0.05) is 39.8 Å². The van der Waals surface area contributed by atoms with Crippen LogP contribution in [-0.4, -0.2) is 15.5 Å². The number of benzene rings is 1. The molecular weight excluding hydrogens is 300 g/mol. The van der Waals surface area contributed by atoms with Crippen molar-refractivity contribution >= 4 is 17.1 Å². The van der Waals surface area contributed by atoms with Crippen molar-refractivity contribution in [2.45, 2.75) is 27.7 Å². The molecule has 5 heteroatoms. The summed E-state index contributed by atoms with van der Waals surface area (Å²) in [6, 6.07) is 14.3. The minimum atomic E-state index is -0.249. The van der Waals surface area contributed by atoms with E-state index in [0.717, 1.165) is 5.52 Å². The third-order valence-corrected chi connectivity index (χ3v) is 2.92. The molecule has 0 bridgehead atoms. The van der Waals surface area contributed by atoms with E-state index in [9.17, 15) is 4.79 Å². The van der Waals surface area contributed by atoms with Crippen LogP contribution in [0.4, 0.5) is 5.69 Å². The van der Waals surface area contributed by atoms with Crippen molar-refractivity contribution in [1.29, 1.82) is 5.26 Å². The quantitative estimate of drug-likeness (QED) is 0.739. The van der Waals surface area contributed by atoms with Gasteiger partial charge in [0.05, 0.1) is 28.9 Å². The first-order valence-corrected chi connectivity index (χ1v) is 8.02. The van der Waals surface area contributed by atoms with Gasteiger partial charge in [-0.2, -0.15) is 10.4 Å². The van der Waals surface area contributed by atoms with E-state index < -0.39 is 0 Å². The number of hydrogen-bond donors (Lipinski definition) is 1. The van der Waals surface area contributed by atoms with Gasteiger partial charge >= 0.3 is 0 Å². The molecule has 0 atom stereocenters. The molecule has 126 valence electrons. The van der Waals surface area contributed by atoms with Gasteiger partial charge in [0.1, 0.15) is 0 Å². The first kappa shape index (κ1) is 18.9. The molecule has 1 N–H and O–H groups in total. The van der Waals surface area contributed by atoms with Crippen molar-refractivity contribution in [3.8, 4) is 6.07 Å². The molecule has 0 saturated carbocycles. The summed E-state index contributed by atoms with van der Waals surface area (Å²) in [4.78, 5) is 12.2. The number of aromatic nitrogens is 2. The van der Waals surface area contributed by atoms with Crippen molar-refractivity contribution in [3.63, 3.8) is 0 Å². The number of fused-ring (bicyclic) bond motifs is 1. The van der Waals surface area contributed by atoms with E-state index in [1.54, 1.807) is 35.0 Å². The maximum absolute atomic E-state index is 12.2. The van der Waals surface area contributed by atoms with Gasteiger partial charge in [-0.25, -0.2) is 4.52 Å². The van der Waals surface area contributed by atoms with Crippen LogP contribution in [-0.2, 0) is 0 Å². The second-order valence-electron chi connectivity index (χ2n) is 4.24. The van der Waals surface area contributed by atoms with Crippen LogP contribution in [0.25, 0.3) is 5.52 Å². The Morgan fingerprint density at radius 1 is 1.17 bits per heavy atom. The van der Waals surface area contributed by atoms with E-state index in [2.05, 4.69) is 10.4 Å². The zero-order valence-corrected chi connectivity index (χ0v) is 14.4. The summed E-state index contributed by atoms with van der Waals surface area (Å²) >= 11 is 0. The maximum atomic E-state index is 12.2. The topological polar surface area (TPSA) is 70.2 Å². The lowest BCUT2D eigenvalue weighted by atomic mass is 10.2. The molecule has 0 aliphatic rings. The molecule has 2 aromatic heterocycles. The Hall–Kier alpha value is -3.13. The molecule has 24 heavy (non-hydrogen) atoms. The van der Waals surface area contributed by atoms with Crippen LogP contribution in [0.1, 0.15) is 45.0 Å². The van der Waals surface area contributed by atoms with Crippen molar-refractivity contribution in [1.82, 2.24) is 9.61 Å². The predicted octanol–water partition coefficient (Wildman–Crippen LogP) is 4.76. The molecule has 3 aromatic rings. The van der Waals surface area contributed by atoms with Crippen molar-refractivity contribution in [2.24, 2.45) is 0 Å². The minimum Gasteiger partial charge on any atom is -0.322 e. The normalized spacial score (nSPS) is 8.96. The Kier molecular flexibility index (Phi) is 7.72. The smallest absolute Gasteiger partial charge is 0.259 e. The fourth-order valence-corrected chi connectivity index (χ4v) is 1.97. The molecule has 2 heterocycles. The predicted molar refractivity (Wildman–Crippen MR) is 99.1 cm³/mol. The summed E-state index contributed by atoms with van der Waals surface area (Å²) in [6.07, 6.45) is 3.31. The highest BCUT2D eigenvalue weighted by molar-refractivity contribution is 6.08. The SMILES string of the molecule is CC.CC.N#Cc1cccc(NC(=O)c2cnn3ccccc23)c1.[HH]. The number of hydrogen-bond acceptors (Lipinski definition) is 3. The van der Waals surface area contributed by atoms with E-state index in [1.807, 2.05) is 52.0 Å². The van der Waals surface area contributed by atoms with Crippen LogP contribution in [0.15, 0.2) is 54.9 Å². The minimum absolute atomic E-state index is 0. The lowest BCUT2D eigenvalue weighted by Gasteiger charge is -2.04. The number of amides is 1. The van der Waals surface area contributed by atoms with Crippen LogP contribution in [0.2, 0.25) is 0 Å². The highest BCUT2D eigenvalue weighted by Crippen LogP contribution is 2.14. The molecular formula is C19H24N4O. The molecule has 0 saturated heterocycles. The molecule has 1 aromatic carbocycles. The zero-order chi connectivity index (χ0) is 17.9. The molecule has 0 aliphatic heterocycles. The first-order valence-electron chi connectivity index (χ1n) is 8.02. The molecule has 0 spiro atoms. The van der Waals surface area contributed by atoms with E-state index in [1.165, 1.54) is 6.20 Å². The molecule has 0 unspecified atom stereocenters. The van der Waals surface area contributed by atoms with Crippen LogP contribution < -0.4 is 5.32 Å². The molecule has 0 fully saturated rings. The Morgan fingerprint density at radius 3 is 2.62 bits per heavy atom. The fraction of sp³-hybridized carbons (Fsp3) is 0.211. The van der Waals surface area contributed by atoms with E-state index in [4.69, 9.17) is 5.26 Å². The van der Waals surface area contributed by atoms with Gasteiger partial charge < -0.3 is 5.32 Å². The number of carbonyl (C=O) groups is 1. The number of nitrogens with zero attached hydrogens (tertiary/aromatic N) is 3. The summed E-state index contributed by atoms with van der Waals surface area (Å²) in [5.41, 5.74) is 2.32. The largest absolute Gasteiger partial charge is 0.322 e. The van der Waals surface area contributed by atoms with Crippen molar-refractivity contribution < 1.29 is 6.22 Å². The summed E-state index contributed by atoms with van der Waals surface area (Å²) in [6.45, 7) is 8.00. The fourth-order valence-electron chi connectivity index (χ4n) is 1.97. The van der Waals surface area contributed by atoms with Gasteiger partial charge in [0.15, 0.2) is 0 Å². The Labute approximate surface area is 144 Å². The number of rotatable bonds is 2. The summed E-state index contributed by atoms with van der Waals surface area (Å²) in [5.74, 6) is -0.249. The summed E-state index contributed by atoms with van der Waals surface area (Å²) in [7, 11) is 0. The van der Waals surface area contributed by atoms with Gasteiger partial charge in [-0.15, -0.1) is 0 Å². The number of nitrogens with one attached hydrogen (secondary N) is 1. The molecule has 1 amide bonds. The lowest BCUT2D eigenvalue weighted by molar-refractivity contribution is 0.102. The summed E-state index contributed by atoms with van der Waals surface area (Å²) < 4.78 is 1.64. The van der Waals surface area contributed by atoms with Gasteiger partial charge in [-0.3, -0.25) is 4.79 Å². The second kappa shape index (κ2) is 9.80. The highest BCUT2D eigenvalue weighted by Gasteiger charge is 2.12. The Morgan fingerprint density at radius 2 is 1.92 bits per heavy atom. The van der Waals surface area contributed by atoms with Gasteiger partial charge in [-0.05, 0) is 30.3 Å². The number of anilines is 1. The van der Waals surface area contributed by atoms with Crippen LogP contribution in [0.5, 0.6) is 0 Å². The van der Waals surface area contributed by atoms with Crippen molar-refractivity contribution in [3.05, 3.63) is 66.0 Å². The molecule has 5 nitrogen and oxygen atoms in total. The second-order valence-corrected chi connectivity index (χ2v) is 4.24. The van der Waals surface area contributed by atoms with Gasteiger partial charge in [0.2, 0.25) is 0 Å². The van der Waals surface area contributed by atoms with Gasteiger partial charge in [0.25, 0.3) is 5.91 Å². The third-order valence-electron chi connectivity index (χ3n) is 2.92. The van der Waals surface area contributed by atoms with Crippen molar-refractivity contribution in [2.75, 3.05) is 5.32 Å². The lowest BCUT2D eigenvalue weighted by Crippen LogP contribution is -2.11. The van der Waals surface area contributed by atoms with Gasteiger partial charge in [0, 0.05) is 13.3 Å². The molecule has 0 radical (unpaired) electrons.